The van der Waals surface area contributed by atoms with Crippen molar-refractivity contribution in [1.82, 2.24) is 25.3 Å². The Balaban J connectivity index is 1.44. The molecule has 0 aliphatic carbocycles. The van der Waals surface area contributed by atoms with E-state index in [-0.39, 0.29) is 0 Å². The number of aromatic amines is 2. The Kier molecular flexibility index (Phi) is 12.5. The number of rotatable bonds is 16. The first-order valence-electron chi connectivity index (χ1n) is 22.6. The van der Waals surface area contributed by atoms with E-state index in [1.807, 2.05) is 0 Å². The zero-order chi connectivity index (χ0) is 42.1. The van der Waals surface area contributed by atoms with Gasteiger partial charge in [0.1, 0.15) is 0 Å². The smallest absolute Gasteiger partial charge is 0.0968 e. The number of nitrogens with zero attached hydrogens (tertiary/aromatic N) is 2. The molecule has 0 radical (unpaired) electrons. The third-order valence-corrected chi connectivity index (χ3v) is 11.9. The maximum atomic E-state index is 5.74. The molecule has 5 heterocycles. The normalized spacial score (nSPS) is 12.1. The van der Waals surface area contributed by atoms with E-state index in [1.54, 1.807) is 0 Å². The van der Waals surface area contributed by atoms with Crippen LogP contribution in [0.5, 0.6) is 0 Å². The minimum Gasteiger partial charge on any atom is -0.383 e. The maximum absolute atomic E-state index is 5.74. The molecule has 9 rings (SSSR count). The van der Waals surface area contributed by atoms with Crippen molar-refractivity contribution in [2.24, 2.45) is 0 Å². The van der Waals surface area contributed by atoms with Crippen molar-refractivity contribution in [2.45, 2.75) is 65.2 Å². The summed E-state index contributed by atoms with van der Waals surface area (Å²) in [6, 6.07) is 49.5. The van der Waals surface area contributed by atoms with Crippen LogP contribution in [0.2, 0.25) is 0 Å². The van der Waals surface area contributed by atoms with Crippen molar-refractivity contribution in [3.05, 3.63) is 162 Å². The number of H-pyrrole nitrogens is 2. The molecule has 0 amide bonds. The average Bonchev–Trinajstić information content (AvgIpc) is 4.15. The molecule has 0 saturated heterocycles. The molecule has 0 saturated carbocycles. The van der Waals surface area contributed by atoms with E-state index in [4.69, 9.17) is 9.97 Å². The lowest BCUT2D eigenvalue weighted by molar-refractivity contribution is 0.650. The summed E-state index contributed by atoms with van der Waals surface area (Å²) in [5, 5.41) is 7.82. The Morgan fingerprint density at radius 3 is 1.47 bits per heavy atom. The van der Waals surface area contributed by atoms with Gasteiger partial charge in [0.25, 0.3) is 0 Å². The second kappa shape index (κ2) is 19.2. The van der Waals surface area contributed by atoms with Crippen LogP contribution < -0.4 is 10.6 Å². The lowest BCUT2D eigenvalue weighted by Crippen LogP contribution is -2.13. The fourth-order valence-corrected chi connectivity index (χ4v) is 8.82. The summed E-state index contributed by atoms with van der Waals surface area (Å²) >= 11 is 0. The number of hydrogen-bond acceptors (Lipinski definition) is 4. The van der Waals surface area contributed by atoms with Gasteiger partial charge >= 0.3 is 0 Å². The summed E-state index contributed by atoms with van der Waals surface area (Å²) in [5.74, 6) is 0. The summed E-state index contributed by atoms with van der Waals surface area (Å²) in [5.41, 5.74) is 18.2. The maximum Gasteiger partial charge on any atom is 0.0968 e. The summed E-state index contributed by atoms with van der Waals surface area (Å²) in [6.45, 7) is 6.26. The van der Waals surface area contributed by atoms with Crippen molar-refractivity contribution in [2.75, 3.05) is 18.4 Å². The molecular formula is C56H56N6. The van der Waals surface area contributed by atoms with Crippen molar-refractivity contribution >= 4 is 51.7 Å². The minimum atomic E-state index is 0.861. The summed E-state index contributed by atoms with van der Waals surface area (Å²) in [4.78, 5) is 19.2. The summed E-state index contributed by atoms with van der Waals surface area (Å²) in [6.07, 6.45) is 16.0. The molecule has 0 spiro atoms. The highest BCUT2D eigenvalue weighted by atomic mass is 14.9. The van der Waals surface area contributed by atoms with Gasteiger partial charge in [0, 0.05) is 46.4 Å². The van der Waals surface area contributed by atoms with E-state index in [0.29, 0.717) is 0 Å². The molecular weight excluding hydrogens is 757 g/mol. The molecule has 2 aliphatic heterocycles. The molecule has 3 aromatic heterocycles. The molecule has 0 fully saturated rings. The topological polar surface area (TPSA) is 81.4 Å². The fraction of sp³-hybridized carbons (Fsp3) is 0.214. The zero-order valence-electron chi connectivity index (χ0n) is 36.0. The van der Waals surface area contributed by atoms with Crippen LogP contribution in [0.3, 0.4) is 0 Å². The number of aromatic nitrogens is 4. The van der Waals surface area contributed by atoms with E-state index < -0.39 is 0 Å². The number of hydrogen-bond donors (Lipinski definition) is 4. The third-order valence-electron chi connectivity index (χ3n) is 11.9. The lowest BCUT2D eigenvalue weighted by atomic mass is 10.0. The quantitative estimate of drug-likeness (QED) is 0.0733. The lowest BCUT2D eigenvalue weighted by Gasteiger charge is -2.11. The fourth-order valence-electron chi connectivity index (χ4n) is 8.82. The Hall–Kier alpha value is -6.92. The van der Waals surface area contributed by atoms with Crippen LogP contribution in [0.1, 0.15) is 88.0 Å². The molecule has 4 aromatic carbocycles. The first-order valence-corrected chi connectivity index (χ1v) is 22.6. The van der Waals surface area contributed by atoms with Gasteiger partial charge in [0.2, 0.25) is 0 Å². The van der Waals surface area contributed by atoms with Gasteiger partial charge in [-0.25, -0.2) is 9.97 Å². The molecule has 62 heavy (non-hydrogen) atoms. The van der Waals surface area contributed by atoms with Crippen LogP contribution in [0.25, 0.3) is 90.5 Å². The molecule has 0 unspecified atom stereocenters. The number of unbranched alkanes of at least 4 members (excludes halogenated alkanes) is 6. The zero-order valence-corrected chi connectivity index (χ0v) is 36.0. The van der Waals surface area contributed by atoms with E-state index in [2.05, 4.69) is 192 Å². The average molecular weight is 813 g/mol. The number of nitrogens with one attached hydrogen (secondary N) is 4. The molecule has 0 atom stereocenters. The minimum absolute atomic E-state index is 0.861. The van der Waals surface area contributed by atoms with Crippen LogP contribution in [0.15, 0.2) is 140 Å². The molecule has 6 heteroatoms. The van der Waals surface area contributed by atoms with Gasteiger partial charge in [-0.1, -0.05) is 174 Å². The van der Waals surface area contributed by atoms with E-state index in [0.717, 1.165) is 127 Å². The van der Waals surface area contributed by atoms with Crippen molar-refractivity contribution < 1.29 is 0 Å². The van der Waals surface area contributed by atoms with Crippen molar-refractivity contribution in [1.29, 1.82) is 0 Å². The molecule has 8 bridgehead atoms. The predicted octanol–water partition coefficient (Wildman–Crippen LogP) is 14.8. The Morgan fingerprint density at radius 1 is 0.435 bits per heavy atom. The highest BCUT2D eigenvalue weighted by Crippen LogP contribution is 2.41. The third kappa shape index (κ3) is 8.64. The van der Waals surface area contributed by atoms with E-state index in [1.165, 1.54) is 38.5 Å². The van der Waals surface area contributed by atoms with Crippen LogP contribution in [-0.4, -0.2) is 33.0 Å². The molecule has 7 aromatic rings. The first kappa shape index (κ1) is 40.5. The molecule has 4 N–H and O–H groups in total. The summed E-state index contributed by atoms with van der Waals surface area (Å²) < 4.78 is 0. The Labute approximate surface area is 366 Å². The van der Waals surface area contributed by atoms with Crippen molar-refractivity contribution in [3.8, 4) is 44.5 Å². The van der Waals surface area contributed by atoms with E-state index in [9.17, 15) is 0 Å². The van der Waals surface area contributed by atoms with Gasteiger partial charge < -0.3 is 20.6 Å². The SMILES string of the molecule is CCCCCCNC1=Cc2nc1c(-c1ccccc1)c1ccc([nH]1)c(-c1ccccc1)c1nc(c(-c3ccccc3)c3cc(NCCCCCC)c([nH]3)c2-c2ccccc2)C=C1. The summed E-state index contributed by atoms with van der Waals surface area (Å²) in [7, 11) is 0. The van der Waals surface area contributed by atoms with Crippen LogP contribution in [0.4, 0.5) is 5.69 Å². The van der Waals surface area contributed by atoms with Gasteiger partial charge in [0.05, 0.1) is 45.2 Å². The highest BCUT2D eigenvalue weighted by Gasteiger charge is 2.23. The monoisotopic (exact) mass is 812 g/mol. The van der Waals surface area contributed by atoms with Gasteiger partial charge in [-0.2, -0.15) is 0 Å². The molecule has 2 aliphatic rings. The van der Waals surface area contributed by atoms with Crippen LogP contribution >= 0.6 is 0 Å². The Morgan fingerprint density at radius 2 is 0.919 bits per heavy atom. The first-order chi connectivity index (χ1) is 30.7. The predicted molar refractivity (Wildman–Crippen MR) is 264 cm³/mol. The van der Waals surface area contributed by atoms with Gasteiger partial charge in [-0.15, -0.1) is 0 Å². The van der Waals surface area contributed by atoms with E-state index >= 15 is 0 Å². The highest BCUT2D eigenvalue weighted by molar-refractivity contribution is 6.04. The Bertz CT molecular complexity index is 2850. The number of fused-ring (bicyclic) bond motifs is 8. The van der Waals surface area contributed by atoms with Gasteiger partial charge in [-0.3, -0.25) is 0 Å². The number of benzene rings is 4. The number of anilines is 1. The molecule has 6 nitrogen and oxygen atoms in total. The van der Waals surface area contributed by atoms with Crippen molar-refractivity contribution in [3.63, 3.8) is 0 Å². The second-order valence-corrected chi connectivity index (χ2v) is 16.3. The molecule has 310 valence electrons. The largest absolute Gasteiger partial charge is 0.383 e. The second-order valence-electron chi connectivity index (χ2n) is 16.3. The van der Waals surface area contributed by atoms with Crippen LogP contribution in [-0.2, 0) is 0 Å². The standard InChI is InChI=1S/C56H56N6/c1-3-5-7-21-35-57-49-37-47-52(40-25-15-10-16-26-40)45-32-31-43(59-45)51(39-23-13-9-14-24-39)44-33-34-46(60-44)53(41-27-17-11-18-28-41)55-50(58-36-22-8-6-4-2)38-48(62-55)54(56(49)61-47)42-29-19-12-20-30-42/h9-20,23-34,37-38,57-58,60-61H,3-8,21-22,35-36H2,1-2H3. The van der Waals surface area contributed by atoms with Crippen LogP contribution in [0, 0.1) is 0 Å². The van der Waals surface area contributed by atoms with Gasteiger partial charge in [0.15, 0.2) is 0 Å². The van der Waals surface area contributed by atoms with Gasteiger partial charge in [-0.05, 0) is 71.5 Å².